The summed E-state index contributed by atoms with van der Waals surface area (Å²) in [6.45, 7) is 0.398. The second-order valence-electron chi connectivity index (χ2n) is 5.89. The summed E-state index contributed by atoms with van der Waals surface area (Å²) in [4.78, 5) is 26.3. The minimum Gasteiger partial charge on any atom is -0.453 e. The standard InChI is InChI=1S/C17H19N5O3/c1-20-8-12(6-18-20)4-14-10-22(17(24)25-3)11-15(16(14)23)5-13-7-19-21(2)9-13/h4-9H,10-11H2,1-3H3/b14-4-,15-5+. The van der Waals surface area contributed by atoms with Crippen molar-refractivity contribution in [2.24, 2.45) is 14.1 Å². The van der Waals surface area contributed by atoms with Gasteiger partial charge in [-0.25, -0.2) is 4.79 Å². The number of piperidine rings is 1. The van der Waals surface area contributed by atoms with E-state index in [2.05, 4.69) is 10.2 Å². The zero-order chi connectivity index (χ0) is 18.0. The first-order valence-corrected chi connectivity index (χ1v) is 7.72. The monoisotopic (exact) mass is 341 g/mol. The molecule has 1 fully saturated rings. The van der Waals surface area contributed by atoms with Crippen molar-refractivity contribution in [2.45, 2.75) is 0 Å². The van der Waals surface area contributed by atoms with Gasteiger partial charge in [0.05, 0.1) is 32.6 Å². The maximum atomic E-state index is 12.8. The number of hydrogen-bond acceptors (Lipinski definition) is 5. The van der Waals surface area contributed by atoms with Crippen LogP contribution in [0.2, 0.25) is 0 Å². The SMILES string of the molecule is COC(=O)N1C/C(=C/c2cnn(C)c2)C(=O)/C(=C/c2cnn(C)c2)C1. The summed E-state index contributed by atoms with van der Waals surface area (Å²) in [7, 11) is 4.94. The Hall–Kier alpha value is -3.16. The van der Waals surface area contributed by atoms with Crippen LogP contribution in [0.4, 0.5) is 4.79 Å². The van der Waals surface area contributed by atoms with Crippen molar-refractivity contribution in [3.05, 3.63) is 47.1 Å². The highest BCUT2D eigenvalue weighted by Gasteiger charge is 2.29. The number of ketones is 1. The summed E-state index contributed by atoms with van der Waals surface area (Å²) in [6.07, 6.45) is 9.98. The lowest BCUT2D eigenvalue weighted by atomic mass is 9.95. The Labute approximate surface area is 145 Å². The van der Waals surface area contributed by atoms with Crippen LogP contribution in [0.3, 0.4) is 0 Å². The summed E-state index contributed by atoms with van der Waals surface area (Å²) < 4.78 is 8.13. The zero-order valence-electron chi connectivity index (χ0n) is 14.3. The third-order valence-corrected chi connectivity index (χ3v) is 3.87. The van der Waals surface area contributed by atoms with Gasteiger partial charge in [-0.15, -0.1) is 0 Å². The Balaban J connectivity index is 1.97. The molecule has 0 saturated carbocycles. The van der Waals surface area contributed by atoms with E-state index >= 15 is 0 Å². The van der Waals surface area contributed by atoms with Gasteiger partial charge in [-0.05, 0) is 12.2 Å². The highest BCUT2D eigenvalue weighted by Crippen LogP contribution is 2.22. The number of methoxy groups -OCH3 is 1. The van der Waals surface area contributed by atoms with Crippen molar-refractivity contribution < 1.29 is 14.3 Å². The number of likely N-dealkylation sites (tertiary alicyclic amines) is 1. The molecule has 130 valence electrons. The molecule has 3 heterocycles. The molecule has 8 heteroatoms. The van der Waals surface area contributed by atoms with Crippen LogP contribution >= 0.6 is 0 Å². The van der Waals surface area contributed by atoms with Crippen LogP contribution in [0.5, 0.6) is 0 Å². The number of amides is 1. The third kappa shape index (κ3) is 3.68. The van der Waals surface area contributed by atoms with Crippen molar-refractivity contribution in [3.63, 3.8) is 0 Å². The van der Waals surface area contributed by atoms with Crippen LogP contribution in [-0.2, 0) is 23.6 Å². The fraction of sp³-hybridized carbons (Fsp3) is 0.294. The molecule has 0 spiro atoms. The van der Waals surface area contributed by atoms with E-state index in [1.165, 1.54) is 12.0 Å². The number of Topliss-reactive ketones (excluding diaryl/α,β-unsaturated/α-hetero) is 1. The number of nitrogens with zero attached hydrogens (tertiary/aromatic N) is 5. The Morgan fingerprint density at radius 1 is 1.04 bits per heavy atom. The van der Waals surface area contributed by atoms with Crippen molar-refractivity contribution in [2.75, 3.05) is 20.2 Å². The normalized spacial score (nSPS) is 18.2. The van der Waals surface area contributed by atoms with Crippen LogP contribution in [0.25, 0.3) is 12.2 Å². The lowest BCUT2D eigenvalue weighted by Gasteiger charge is -2.28. The number of aryl methyl sites for hydroxylation is 2. The average Bonchev–Trinajstić information content (AvgIpc) is 3.18. The molecule has 25 heavy (non-hydrogen) atoms. The van der Waals surface area contributed by atoms with Crippen molar-refractivity contribution in [1.82, 2.24) is 24.5 Å². The number of ether oxygens (including phenoxy) is 1. The van der Waals surface area contributed by atoms with Gasteiger partial charge in [-0.1, -0.05) is 0 Å². The van der Waals surface area contributed by atoms with Gasteiger partial charge in [0, 0.05) is 48.8 Å². The summed E-state index contributed by atoms with van der Waals surface area (Å²) in [5.41, 5.74) is 2.64. The zero-order valence-corrected chi connectivity index (χ0v) is 14.3. The van der Waals surface area contributed by atoms with Crippen LogP contribution in [-0.4, -0.2) is 56.5 Å². The van der Waals surface area contributed by atoms with E-state index in [0.717, 1.165) is 11.1 Å². The average molecular weight is 341 g/mol. The fourth-order valence-electron chi connectivity index (χ4n) is 2.73. The predicted molar refractivity (Wildman–Crippen MR) is 91.4 cm³/mol. The van der Waals surface area contributed by atoms with E-state index in [4.69, 9.17) is 4.74 Å². The van der Waals surface area contributed by atoms with E-state index in [9.17, 15) is 9.59 Å². The van der Waals surface area contributed by atoms with E-state index < -0.39 is 6.09 Å². The van der Waals surface area contributed by atoms with Crippen LogP contribution < -0.4 is 0 Å². The van der Waals surface area contributed by atoms with Gasteiger partial charge in [0.2, 0.25) is 0 Å². The number of hydrogen-bond donors (Lipinski definition) is 0. The highest BCUT2D eigenvalue weighted by molar-refractivity contribution is 6.15. The first kappa shape index (κ1) is 16.7. The van der Waals surface area contributed by atoms with Crippen LogP contribution in [0.1, 0.15) is 11.1 Å². The molecule has 0 unspecified atom stereocenters. The molecule has 1 amide bonds. The predicted octanol–water partition coefficient (Wildman–Crippen LogP) is 1.27. The topological polar surface area (TPSA) is 82.2 Å². The molecule has 0 bridgehead atoms. The molecular formula is C17H19N5O3. The molecule has 1 aliphatic rings. The second-order valence-corrected chi connectivity index (χ2v) is 5.89. The Morgan fingerprint density at radius 2 is 1.52 bits per heavy atom. The van der Waals surface area contributed by atoms with Gasteiger partial charge in [0.1, 0.15) is 0 Å². The summed E-state index contributed by atoms with van der Waals surface area (Å²) in [5, 5.41) is 8.19. The van der Waals surface area contributed by atoms with Crippen LogP contribution in [0.15, 0.2) is 35.9 Å². The van der Waals surface area contributed by atoms with Gasteiger partial charge >= 0.3 is 6.09 Å². The van der Waals surface area contributed by atoms with Gasteiger partial charge in [0.25, 0.3) is 0 Å². The molecule has 0 N–H and O–H groups in total. The fourth-order valence-corrected chi connectivity index (χ4v) is 2.73. The smallest absolute Gasteiger partial charge is 0.410 e. The van der Waals surface area contributed by atoms with Crippen molar-refractivity contribution >= 4 is 24.0 Å². The maximum absolute atomic E-state index is 12.8. The minimum atomic E-state index is -0.471. The Kier molecular flexibility index (Phi) is 4.51. The molecular weight excluding hydrogens is 322 g/mol. The first-order valence-electron chi connectivity index (χ1n) is 7.72. The van der Waals surface area contributed by atoms with Gasteiger partial charge in [-0.2, -0.15) is 10.2 Å². The van der Waals surface area contributed by atoms with Crippen LogP contribution in [0, 0.1) is 0 Å². The molecule has 3 rings (SSSR count). The lowest BCUT2D eigenvalue weighted by Crippen LogP contribution is -2.41. The molecule has 2 aromatic rings. The highest BCUT2D eigenvalue weighted by atomic mass is 16.5. The van der Waals surface area contributed by atoms with E-state index in [-0.39, 0.29) is 18.9 Å². The Morgan fingerprint density at radius 3 is 1.88 bits per heavy atom. The Bertz CT molecular complexity index is 812. The largest absolute Gasteiger partial charge is 0.453 e. The molecule has 2 aromatic heterocycles. The molecule has 0 radical (unpaired) electrons. The molecule has 8 nitrogen and oxygen atoms in total. The molecule has 0 aliphatic carbocycles. The first-order chi connectivity index (χ1) is 12.0. The van der Waals surface area contributed by atoms with E-state index in [1.807, 2.05) is 12.4 Å². The van der Waals surface area contributed by atoms with E-state index in [0.29, 0.717) is 11.1 Å². The summed E-state index contributed by atoms with van der Waals surface area (Å²) in [5.74, 6) is -0.0899. The van der Waals surface area contributed by atoms with Gasteiger partial charge in [-0.3, -0.25) is 19.1 Å². The van der Waals surface area contributed by atoms with Crippen molar-refractivity contribution in [3.8, 4) is 0 Å². The molecule has 0 aromatic carbocycles. The molecule has 1 saturated heterocycles. The third-order valence-electron chi connectivity index (χ3n) is 3.87. The number of aromatic nitrogens is 4. The number of rotatable bonds is 2. The minimum absolute atomic E-state index is 0.0899. The molecule has 1 aliphatic heterocycles. The number of carbonyl (C=O) groups is 2. The lowest BCUT2D eigenvalue weighted by molar-refractivity contribution is -0.113. The summed E-state index contributed by atoms with van der Waals surface area (Å²) >= 11 is 0. The second kappa shape index (κ2) is 6.76. The molecule has 0 atom stereocenters. The number of carbonyl (C=O) groups excluding carboxylic acids is 2. The summed E-state index contributed by atoms with van der Waals surface area (Å²) in [6, 6.07) is 0. The van der Waals surface area contributed by atoms with Gasteiger partial charge < -0.3 is 4.74 Å². The van der Waals surface area contributed by atoms with E-state index in [1.54, 1.807) is 48.0 Å². The quantitative estimate of drug-likeness (QED) is 0.768. The van der Waals surface area contributed by atoms with Crippen molar-refractivity contribution in [1.29, 1.82) is 0 Å². The van der Waals surface area contributed by atoms with Gasteiger partial charge in [0.15, 0.2) is 5.78 Å². The maximum Gasteiger partial charge on any atom is 0.410 e.